The molecule has 5 nitrogen and oxygen atoms in total. The van der Waals surface area contributed by atoms with Gasteiger partial charge in [-0.2, -0.15) is 0 Å². The van der Waals surface area contributed by atoms with Gasteiger partial charge in [0.25, 0.3) is 0 Å². The summed E-state index contributed by atoms with van der Waals surface area (Å²) in [5.41, 5.74) is 8.25. The Morgan fingerprint density at radius 2 is 2.22 bits per heavy atom. The lowest BCUT2D eigenvalue weighted by molar-refractivity contribution is 0.490. The molecule has 0 fully saturated rings. The molecule has 0 unspecified atom stereocenters. The van der Waals surface area contributed by atoms with Crippen molar-refractivity contribution in [3.8, 4) is 0 Å². The summed E-state index contributed by atoms with van der Waals surface area (Å²) < 4.78 is 5.47. The molecule has 0 aliphatic carbocycles. The van der Waals surface area contributed by atoms with Crippen molar-refractivity contribution >= 4 is 22.7 Å². The van der Waals surface area contributed by atoms with E-state index in [2.05, 4.69) is 15.3 Å². The van der Waals surface area contributed by atoms with Gasteiger partial charge in [-0.05, 0) is 37.3 Å². The minimum absolute atomic E-state index is 0.600. The monoisotopic (exact) mass is 242 g/mol. The first-order valence-electron chi connectivity index (χ1n) is 5.75. The van der Waals surface area contributed by atoms with Gasteiger partial charge in [-0.3, -0.25) is 0 Å². The molecular weight excluding hydrogens is 228 g/mol. The number of aromatic nitrogens is 2. The van der Waals surface area contributed by atoms with E-state index in [9.17, 15) is 0 Å². The van der Waals surface area contributed by atoms with Crippen molar-refractivity contribution in [3.63, 3.8) is 0 Å². The summed E-state index contributed by atoms with van der Waals surface area (Å²) in [5, 5.41) is 3.18. The van der Waals surface area contributed by atoms with Crippen LogP contribution in [0.5, 0.6) is 0 Å². The number of benzene rings is 1. The van der Waals surface area contributed by atoms with Crippen LogP contribution in [-0.2, 0) is 6.54 Å². The molecule has 1 aromatic carbocycles. The van der Waals surface area contributed by atoms with Gasteiger partial charge in [0, 0.05) is 5.69 Å². The molecule has 2 aromatic heterocycles. The number of fused-ring (bicyclic) bond motifs is 1. The zero-order valence-corrected chi connectivity index (χ0v) is 10.0. The highest BCUT2D eigenvalue weighted by atomic mass is 16.3. The molecule has 0 saturated carbocycles. The average molecular weight is 242 g/mol. The Bertz CT molecular complexity index is 683. The molecule has 5 heteroatoms. The zero-order valence-electron chi connectivity index (χ0n) is 10.0. The first-order chi connectivity index (χ1) is 8.70. The predicted molar refractivity (Wildman–Crippen MR) is 71.3 cm³/mol. The Hall–Kier alpha value is -2.43. The fourth-order valence-corrected chi connectivity index (χ4v) is 1.86. The summed E-state index contributed by atoms with van der Waals surface area (Å²) in [7, 11) is 0. The second-order valence-electron chi connectivity index (χ2n) is 4.23. The Morgan fingerprint density at radius 1 is 1.33 bits per heavy atom. The van der Waals surface area contributed by atoms with Crippen LogP contribution in [0.2, 0.25) is 0 Å². The van der Waals surface area contributed by atoms with Gasteiger partial charge >= 0.3 is 0 Å². The van der Waals surface area contributed by atoms with Crippen molar-refractivity contribution in [1.29, 1.82) is 0 Å². The van der Waals surface area contributed by atoms with Crippen molar-refractivity contribution in [2.45, 2.75) is 13.5 Å². The minimum Gasteiger partial charge on any atom is -0.465 e. The molecule has 3 rings (SSSR count). The number of nitrogen functional groups attached to an aromatic ring is 1. The number of anilines is 2. The Labute approximate surface area is 104 Å². The maximum Gasteiger partial charge on any atom is 0.201 e. The summed E-state index contributed by atoms with van der Waals surface area (Å²) >= 11 is 0. The minimum atomic E-state index is 0.600. The van der Waals surface area contributed by atoms with Crippen LogP contribution < -0.4 is 11.1 Å². The third-order valence-corrected chi connectivity index (χ3v) is 2.73. The molecular formula is C13H14N4O. The van der Waals surface area contributed by atoms with Gasteiger partial charge in [-0.25, -0.2) is 4.98 Å². The highest BCUT2D eigenvalue weighted by molar-refractivity contribution is 5.80. The van der Waals surface area contributed by atoms with Gasteiger partial charge in [-0.15, -0.1) is 0 Å². The number of nitrogens with two attached hydrogens (primary N) is 1. The first-order valence-corrected chi connectivity index (χ1v) is 5.75. The number of nitrogens with one attached hydrogen (secondary N) is 2. The van der Waals surface area contributed by atoms with E-state index in [0.29, 0.717) is 12.5 Å². The fourth-order valence-electron chi connectivity index (χ4n) is 1.86. The summed E-state index contributed by atoms with van der Waals surface area (Å²) in [6, 6.07) is 9.48. The van der Waals surface area contributed by atoms with Crippen molar-refractivity contribution in [1.82, 2.24) is 9.97 Å². The molecule has 18 heavy (non-hydrogen) atoms. The number of hydrogen-bond donors (Lipinski definition) is 3. The van der Waals surface area contributed by atoms with Gasteiger partial charge < -0.3 is 20.5 Å². The largest absolute Gasteiger partial charge is 0.465 e. The highest BCUT2D eigenvalue weighted by Crippen LogP contribution is 2.17. The fraction of sp³-hybridized carbons (Fsp3) is 0.154. The molecule has 0 aliphatic heterocycles. The first kappa shape index (κ1) is 10.7. The number of hydrogen-bond acceptors (Lipinski definition) is 4. The third-order valence-electron chi connectivity index (χ3n) is 2.73. The van der Waals surface area contributed by atoms with Crippen LogP contribution >= 0.6 is 0 Å². The van der Waals surface area contributed by atoms with E-state index in [1.54, 1.807) is 0 Å². The molecule has 2 heterocycles. The predicted octanol–water partition coefficient (Wildman–Crippen LogP) is 2.66. The second kappa shape index (κ2) is 4.10. The average Bonchev–Trinajstić information content (AvgIpc) is 2.92. The highest BCUT2D eigenvalue weighted by Gasteiger charge is 2.04. The molecule has 92 valence electrons. The van der Waals surface area contributed by atoms with Crippen molar-refractivity contribution in [2.24, 2.45) is 0 Å². The van der Waals surface area contributed by atoms with E-state index >= 15 is 0 Å². The normalized spacial score (nSPS) is 10.9. The number of H-pyrrole nitrogens is 1. The van der Waals surface area contributed by atoms with E-state index in [1.165, 1.54) is 0 Å². The van der Waals surface area contributed by atoms with Gasteiger partial charge in [0.1, 0.15) is 11.5 Å². The van der Waals surface area contributed by atoms with Crippen LogP contribution in [0.3, 0.4) is 0 Å². The number of furan rings is 1. The summed E-state index contributed by atoms with van der Waals surface area (Å²) in [4.78, 5) is 7.58. The van der Waals surface area contributed by atoms with E-state index in [4.69, 9.17) is 10.2 Å². The maximum atomic E-state index is 5.72. The standard InChI is InChI=1S/C13H14N4O/c1-8-2-4-10(18-8)7-15-13-16-11-5-3-9(14)6-12(11)17-13/h2-6H,7,14H2,1H3,(H2,15,16,17). The molecule has 3 aromatic rings. The van der Waals surface area contributed by atoms with Crippen molar-refractivity contribution in [2.75, 3.05) is 11.1 Å². The SMILES string of the molecule is Cc1ccc(CNc2nc3ccc(N)cc3[nH]2)o1. The smallest absolute Gasteiger partial charge is 0.201 e. The van der Waals surface area contributed by atoms with E-state index in [0.717, 1.165) is 28.2 Å². The van der Waals surface area contributed by atoms with Crippen LogP contribution in [0.4, 0.5) is 11.6 Å². The number of rotatable bonds is 3. The van der Waals surface area contributed by atoms with E-state index in [-0.39, 0.29) is 0 Å². The quantitative estimate of drug-likeness (QED) is 0.617. The van der Waals surface area contributed by atoms with Crippen molar-refractivity contribution in [3.05, 3.63) is 41.9 Å². The number of aromatic amines is 1. The number of imidazole rings is 1. The zero-order chi connectivity index (χ0) is 12.5. The van der Waals surface area contributed by atoms with Crippen LogP contribution in [0.25, 0.3) is 11.0 Å². The third kappa shape index (κ3) is 2.02. The summed E-state index contributed by atoms with van der Waals surface area (Å²) in [6.07, 6.45) is 0. The molecule has 4 N–H and O–H groups in total. The van der Waals surface area contributed by atoms with Crippen LogP contribution in [0, 0.1) is 6.92 Å². The molecule has 0 bridgehead atoms. The van der Waals surface area contributed by atoms with Crippen LogP contribution in [-0.4, -0.2) is 9.97 Å². The number of nitrogens with zero attached hydrogens (tertiary/aromatic N) is 1. The van der Waals surface area contributed by atoms with Crippen LogP contribution in [0.1, 0.15) is 11.5 Å². The van der Waals surface area contributed by atoms with Crippen LogP contribution in [0.15, 0.2) is 34.7 Å². The number of aryl methyl sites for hydroxylation is 1. The Balaban J connectivity index is 1.78. The summed E-state index contributed by atoms with van der Waals surface area (Å²) in [5.74, 6) is 2.50. The molecule has 0 spiro atoms. The lowest BCUT2D eigenvalue weighted by atomic mass is 10.3. The molecule has 0 aliphatic rings. The summed E-state index contributed by atoms with van der Waals surface area (Å²) in [6.45, 7) is 2.52. The second-order valence-corrected chi connectivity index (χ2v) is 4.23. The van der Waals surface area contributed by atoms with Gasteiger partial charge in [0.2, 0.25) is 5.95 Å². The molecule has 0 radical (unpaired) electrons. The van der Waals surface area contributed by atoms with Gasteiger partial charge in [-0.1, -0.05) is 0 Å². The molecule has 0 atom stereocenters. The Kier molecular flexibility index (Phi) is 2.44. The molecule has 0 amide bonds. The van der Waals surface area contributed by atoms with E-state index in [1.807, 2.05) is 37.3 Å². The Morgan fingerprint density at radius 3 is 3.00 bits per heavy atom. The lowest BCUT2D eigenvalue weighted by Crippen LogP contribution is -1.99. The maximum absolute atomic E-state index is 5.72. The van der Waals surface area contributed by atoms with Gasteiger partial charge in [0.05, 0.1) is 17.6 Å². The lowest BCUT2D eigenvalue weighted by Gasteiger charge is -1.98. The van der Waals surface area contributed by atoms with Gasteiger partial charge in [0.15, 0.2) is 0 Å². The van der Waals surface area contributed by atoms with E-state index < -0.39 is 0 Å². The topological polar surface area (TPSA) is 79.9 Å². The van der Waals surface area contributed by atoms with Crippen molar-refractivity contribution < 1.29 is 4.42 Å². The molecule has 0 saturated heterocycles.